The summed E-state index contributed by atoms with van der Waals surface area (Å²) in [6.07, 6.45) is 0. The fourth-order valence-corrected chi connectivity index (χ4v) is 1.96. The molecule has 0 unspecified atom stereocenters. The van der Waals surface area contributed by atoms with Crippen LogP contribution in [0.25, 0.3) is 0 Å². The number of likely N-dealkylation sites (N-methyl/N-ethyl adjacent to an activating group) is 1. The number of rotatable bonds is 2. The van der Waals surface area contributed by atoms with Crippen LogP contribution >= 0.6 is 0 Å². The van der Waals surface area contributed by atoms with Crippen molar-refractivity contribution in [3.8, 4) is 0 Å². The molecule has 1 heterocycles. The predicted octanol–water partition coefficient (Wildman–Crippen LogP) is -0.126. The Morgan fingerprint density at radius 3 is 2.35 bits per heavy atom. The van der Waals surface area contributed by atoms with Crippen LogP contribution in [0.15, 0.2) is 24.3 Å². The molecule has 1 fully saturated rings. The van der Waals surface area contributed by atoms with Gasteiger partial charge in [-0.05, 0) is 0 Å². The van der Waals surface area contributed by atoms with Crippen molar-refractivity contribution in [3.05, 3.63) is 29.8 Å². The first-order chi connectivity index (χ1) is 7.24. The Morgan fingerprint density at radius 1 is 1.12 bits per heavy atom. The molecular weight excluding hydrogens is 215 g/mol. The van der Waals surface area contributed by atoms with E-state index in [1.807, 2.05) is 12.1 Å². The van der Waals surface area contributed by atoms with Crippen molar-refractivity contribution in [2.24, 2.45) is 0 Å². The first-order valence-corrected chi connectivity index (χ1v) is 5.49. The van der Waals surface area contributed by atoms with Gasteiger partial charge >= 0.3 is 92.7 Å². The standard InChI is InChI=1S/C12H17BN2.2H2O/c1-14-5-7-15(8-6-14)10-11-3-2-4-12(13)9-11;;/h2-4,9H,5-8,10H2,1H3;2*1H2/q+2;;/p-2. The minimum atomic E-state index is 0. The van der Waals surface area contributed by atoms with Crippen LogP contribution in [-0.4, -0.2) is 61.8 Å². The second kappa shape index (κ2) is 7.45. The molecule has 1 aromatic rings. The third kappa shape index (κ3) is 4.87. The molecule has 0 bridgehead atoms. The van der Waals surface area contributed by atoms with E-state index in [2.05, 4.69) is 29.0 Å². The molecule has 1 aliphatic rings. The summed E-state index contributed by atoms with van der Waals surface area (Å²) in [4.78, 5) is 4.85. The molecule has 1 saturated heterocycles. The van der Waals surface area contributed by atoms with Gasteiger partial charge in [0.15, 0.2) is 0 Å². The van der Waals surface area contributed by atoms with Gasteiger partial charge in [-0.3, -0.25) is 0 Å². The molecule has 17 heavy (non-hydrogen) atoms. The Kier molecular flexibility index (Phi) is 7.07. The molecule has 0 spiro atoms. The maximum Gasteiger partial charge on any atom is -0.870 e. The molecular formula is C12H19BN2O2. The topological polar surface area (TPSA) is 66.5 Å². The Balaban J connectivity index is 0.00000128. The van der Waals surface area contributed by atoms with Crippen molar-refractivity contribution in [1.82, 2.24) is 9.80 Å². The normalized spacial score (nSPS) is 17.1. The van der Waals surface area contributed by atoms with Crippen LogP contribution in [0.3, 0.4) is 0 Å². The van der Waals surface area contributed by atoms with E-state index in [1.165, 1.54) is 18.7 Å². The molecule has 5 heteroatoms. The van der Waals surface area contributed by atoms with Gasteiger partial charge in [-0.1, -0.05) is 0 Å². The van der Waals surface area contributed by atoms with Gasteiger partial charge in [-0.25, -0.2) is 0 Å². The first-order valence-electron chi connectivity index (χ1n) is 5.49. The molecule has 0 atom stereocenters. The van der Waals surface area contributed by atoms with Crippen LogP contribution in [0, 0.1) is 0 Å². The predicted molar refractivity (Wildman–Crippen MR) is 68.5 cm³/mol. The number of hydrogen-bond donors (Lipinski definition) is 0. The number of hydrogen-bond acceptors (Lipinski definition) is 4. The fraction of sp³-hybridized carbons (Fsp3) is 0.500. The first kappa shape index (κ1) is 16.1. The molecule has 92 valence electrons. The largest absolute Gasteiger partial charge is 0.870 e. The van der Waals surface area contributed by atoms with Crippen molar-refractivity contribution < 1.29 is 11.0 Å². The van der Waals surface area contributed by atoms with E-state index in [0.717, 1.165) is 25.1 Å². The molecule has 2 N–H and O–H groups in total. The second-order valence-electron chi connectivity index (χ2n) is 4.32. The molecule has 0 saturated carbocycles. The Labute approximate surface area is 104 Å². The molecule has 1 aliphatic heterocycles. The third-order valence-electron chi connectivity index (χ3n) is 2.95. The molecule has 1 aromatic carbocycles. The number of benzene rings is 1. The van der Waals surface area contributed by atoms with Crippen molar-refractivity contribution in [3.63, 3.8) is 0 Å². The van der Waals surface area contributed by atoms with E-state index in [-0.39, 0.29) is 11.0 Å². The van der Waals surface area contributed by atoms with Crippen LogP contribution < -0.4 is 5.46 Å². The fourth-order valence-electron chi connectivity index (χ4n) is 1.96. The summed E-state index contributed by atoms with van der Waals surface area (Å²) in [5.41, 5.74) is 2.18. The van der Waals surface area contributed by atoms with Gasteiger partial charge in [0.05, 0.1) is 0 Å². The molecule has 0 radical (unpaired) electrons. The van der Waals surface area contributed by atoms with E-state index in [4.69, 9.17) is 7.85 Å². The molecule has 4 nitrogen and oxygen atoms in total. The summed E-state index contributed by atoms with van der Waals surface area (Å²) >= 11 is 0. The quantitative estimate of drug-likeness (QED) is 0.669. The zero-order valence-electron chi connectivity index (χ0n) is 10.2. The van der Waals surface area contributed by atoms with Gasteiger partial charge in [-0.15, -0.1) is 0 Å². The molecule has 0 aliphatic carbocycles. The van der Waals surface area contributed by atoms with Crippen molar-refractivity contribution in [2.45, 2.75) is 6.54 Å². The maximum absolute atomic E-state index is 5.76. The minimum absolute atomic E-state index is 0. The van der Waals surface area contributed by atoms with Gasteiger partial charge < -0.3 is 11.0 Å². The van der Waals surface area contributed by atoms with Gasteiger partial charge in [-0.2, -0.15) is 0 Å². The van der Waals surface area contributed by atoms with Gasteiger partial charge in [0.2, 0.25) is 0 Å². The van der Waals surface area contributed by atoms with E-state index in [0.29, 0.717) is 0 Å². The van der Waals surface area contributed by atoms with Crippen LogP contribution in [0.4, 0.5) is 0 Å². The Bertz CT molecular complexity index is 328. The van der Waals surface area contributed by atoms with Crippen LogP contribution in [-0.2, 0) is 6.54 Å². The zero-order valence-corrected chi connectivity index (χ0v) is 10.2. The van der Waals surface area contributed by atoms with E-state index in [9.17, 15) is 0 Å². The maximum atomic E-state index is 5.76. The van der Waals surface area contributed by atoms with Crippen molar-refractivity contribution in [1.29, 1.82) is 0 Å². The smallest absolute Gasteiger partial charge is 0.870 e. The van der Waals surface area contributed by atoms with Gasteiger partial charge in [0, 0.05) is 0 Å². The monoisotopic (exact) mass is 234 g/mol. The van der Waals surface area contributed by atoms with Gasteiger partial charge in [0.25, 0.3) is 0 Å². The Hall–Kier alpha value is -0.875. The number of piperazine rings is 1. The summed E-state index contributed by atoms with van der Waals surface area (Å²) in [6, 6.07) is 8.18. The van der Waals surface area contributed by atoms with Crippen LogP contribution in [0.5, 0.6) is 0 Å². The summed E-state index contributed by atoms with van der Waals surface area (Å²) in [6.45, 7) is 5.68. The van der Waals surface area contributed by atoms with E-state index < -0.39 is 0 Å². The minimum Gasteiger partial charge on any atom is -0.870 e. The molecule has 2 rings (SSSR count). The third-order valence-corrected chi connectivity index (χ3v) is 2.95. The average Bonchev–Trinajstić information content (AvgIpc) is 2.22. The SMILES string of the molecule is [B+2]c1cccc(CN2CCN(C)CC2)c1.[OH-].[OH-]. The molecule has 0 aromatic heterocycles. The van der Waals surface area contributed by atoms with E-state index >= 15 is 0 Å². The van der Waals surface area contributed by atoms with Crippen molar-refractivity contribution >= 4 is 13.3 Å². The average molecular weight is 234 g/mol. The van der Waals surface area contributed by atoms with Crippen LogP contribution in [0.1, 0.15) is 5.56 Å². The van der Waals surface area contributed by atoms with Crippen molar-refractivity contribution in [2.75, 3.05) is 33.2 Å². The van der Waals surface area contributed by atoms with E-state index in [1.54, 1.807) is 0 Å². The number of nitrogens with zero attached hydrogens (tertiary/aromatic N) is 2. The summed E-state index contributed by atoms with van der Waals surface area (Å²) in [5, 5.41) is 0. The zero-order chi connectivity index (χ0) is 10.7. The van der Waals surface area contributed by atoms with Crippen LogP contribution in [0.2, 0.25) is 0 Å². The van der Waals surface area contributed by atoms with Gasteiger partial charge in [0.1, 0.15) is 0 Å². The summed E-state index contributed by atoms with van der Waals surface area (Å²) < 4.78 is 0. The Morgan fingerprint density at radius 2 is 1.76 bits per heavy atom. The summed E-state index contributed by atoms with van der Waals surface area (Å²) in [5.74, 6) is 0. The molecule has 0 amide bonds. The summed E-state index contributed by atoms with van der Waals surface area (Å²) in [7, 11) is 7.94. The second-order valence-corrected chi connectivity index (χ2v) is 4.32.